The second kappa shape index (κ2) is 13.0. The molecule has 2 N–H and O–H groups in total. The first-order valence-electron chi connectivity index (χ1n) is 16.9. The molecule has 2 aromatic carbocycles. The van der Waals surface area contributed by atoms with Gasteiger partial charge in [-0.2, -0.15) is 5.10 Å². The first-order chi connectivity index (χ1) is 23.2. The lowest BCUT2D eigenvalue weighted by molar-refractivity contribution is -0.119. The first-order valence-corrected chi connectivity index (χ1v) is 16.9. The number of nitrogens with one attached hydrogen (secondary N) is 2. The van der Waals surface area contributed by atoms with Crippen molar-refractivity contribution in [3.8, 4) is 5.75 Å². The van der Waals surface area contributed by atoms with Gasteiger partial charge in [0.1, 0.15) is 35.5 Å². The number of Topliss-reactive ketones (excluding diaryl/α,β-unsaturated/α-hetero) is 1. The van der Waals surface area contributed by atoms with Gasteiger partial charge in [-0.1, -0.05) is 30.3 Å². The van der Waals surface area contributed by atoms with Crippen LogP contribution in [0.3, 0.4) is 0 Å². The third-order valence-electron chi connectivity index (χ3n) is 10.1. The number of aromatic nitrogens is 2. The molecule has 4 aliphatic rings. The molecule has 2 aliphatic heterocycles. The fourth-order valence-corrected chi connectivity index (χ4v) is 7.23. The maximum Gasteiger partial charge on any atom is 0.410 e. The van der Waals surface area contributed by atoms with E-state index in [0.29, 0.717) is 50.0 Å². The van der Waals surface area contributed by atoms with Crippen LogP contribution in [0.5, 0.6) is 5.75 Å². The third-order valence-corrected chi connectivity index (χ3v) is 10.1. The number of piperidine rings is 1. The number of hydrogen-bond donors (Lipinski definition) is 2. The summed E-state index contributed by atoms with van der Waals surface area (Å²) in [6.45, 7) is 3.22. The molecule has 1 saturated heterocycles. The van der Waals surface area contributed by atoms with Crippen molar-refractivity contribution in [2.45, 2.75) is 76.7 Å². The van der Waals surface area contributed by atoms with E-state index in [-0.39, 0.29) is 41.7 Å². The number of rotatable bonds is 10. The van der Waals surface area contributed by atoms with Crippen LogP contribution in [-0.2, 0) is 22.7 Å². The molecule has 1 spiro atoms. The summed E-state index contributed by atoms with van der Waals surface area (Å²) in [5.74, 6) is -1.15. The lowest BCUT2D eigenvalue weighted by Gasteiger charge is -2.43. The monoisotopic (exact) mass is 657 g/mol. The minimum Gasteiger partial charge on any atom is -0.486 e. The van der Waals surface area contributed by atoms with Crippen molar-refractivity contribution in [1.82, 2.24) is 20.0 Å². The van der Waals surface area contributed by atoms with Crippen molar-refractivity contribution in [2.75, 3.05) is 18.4 Å². The van der Waals surface area contributed by atoms with Gasteiger partial charge < -0.3 is 25.0 Å². The maximum absolute atomic E-state index is 15.5. The normalized spacial score (nSPS) is 19.0. The topological polar surface area (TPSA) is 132 Å². The highest BCUT2D eigenvalue weighted by Gasteiger charge is 2.49. The summed E-state index contributed by atoms with van der Waals surface area (Å²) in [5.41, 5.74) is 0.385. The van der Waals surface area contributed by atoms with Gasteiger partial charge in [0.05, 0.1) is 17.7 Å². The molecule has 3 fully saturated rings. The minimum absolute atomic E-state index is 0.0571. The maximum atomic E-state index is 15.5. The number of ether oxygens (including phenoxy) is 2. The molecule has 2 saturated carbocycles. The fraction of sp³-hybridized carbons (Fsp3) is 0.472. The molecular weight excluding hydrogens is 617 g/mol. The van der Waals surface area contributed by atoms with Crippen molar-refractivity contribution in [3.63, 3.8) is 0 Å². The van der Waals surface area contributed by atoms with E-state index in [1.54, 1.807) is 21.8 Å². The summed E-state index contributed by atoms with van der Waals surface area (Å²) in [6.07, 6.45) is 5.91. The van der Waals surface area contributed by atoms with Crippen LogP contribution in [0.2, 0.25) is 0 Å². The molecule has 252 valence electrons. The molecule has 48 heavy (non-hydrogen) atoms. The summed E-state index contributed by atoms with van der Waals surface area (Å²) in [7, 11) is 0. The first kappa shape index (κ1) is 31.8. The van der Waals surface area contributed by atoms with E-state index >= 15 is 4.39 Å². The lowest BCUT2D eigenvalue weighted by Crippen LogP contribution is -2.52. The highest BCUT2D eigenvalue weighted by atomic mass is 19.1. The van der Waals surface area contributed by atoms with Crippen molar-refractivity contribution in [1.29, 1.82) is 0 Å². The molecular formula is C36H40FN5O6. The zero-order valence-electron chi connectivity index (χ0n) is 27.0. The number of carbonyl (C=O) groups excluding carboxylic acids is 4. The number of nitrogens with zero attached hydrogens (tertiary/aromatic N) is 3. The van der Waals surface area contributed by atoms with Crippen molar-refractivity contribution in [3.05, 3.63) is 77.4 Å². The largest absolute Gasteiger partial charge is 0.486 e. The number of aryl methyl sites for hydroxylation is 1. The Kier molecular flexibility index (Phi) is 8.65. The zero-order chi connectivity index (χ0) is 33.4. The Morgan fingerprint density at radius 2 is 1.77 bits per heavy atom. The molecule has 12 heteroatoms. The van der Waals surface area contributed by atoms with Gasteiger partial charge in [0.15, 0.2) is 5.78 Å². The van der Waals surface area contributed by atoms with Gasteiger partial charge in [-0.3, -0.25) is 19.1 Å². The number of fused-ring (bicyclic) bond motifs is 1. The molecule has 0 unspecified atom stereocenters. The number of hydrogen-bond acceptors (Lipinski definition) is 7. The Balaban J connectivity index is 1.05. The number of likely N-dealkylation sites (tertiary alicyclic amines) is 1. The van der Waals surface area contributed by atoms with Crippen LogP contribution in [-0.4, -0.2) is 63.1 Å². The number of ketones is 1. The third kappa shape index (κ3) is 6.65. The standard InChI is InChI=1S/C36H40FN5O6/c1-2-42-28(12-15-38-42)33(44)40-32(31(23-8-9-23)24-10-11-24)34(45)39-27-19-30-25(18-26(27)37)29(43)20-36(48-30)13-16-41(17-14-36)35(46)47-21-22-6-4-3-5-7-22/h3-7,12,15,18-19,23-24,31-32H,2,8-11,13-14,16-17,20-21H2,1H3,(H,39,45)(H,40,44)/t32-/m0/s1. The van der Waals surface area contributed by atoms with Crippen molar-refractivity contribution in [2.24, 2.45) is 17.8 Å². The summed E-state index contributed by atoms with van der Waals surface area (Å²) in [4.78, 5) is 54.9. The Hall–Kier alpha value is -4.74. The molecule has 0 radical (unpaired) electrons. The van der Waals surface area contributed by atoms with E-state index in [0.717, 1.165) is 37.3 Å². The van der Waals surface area contributed by atoms with Gasteiger partial charge in [-0.15, -0.1) is 0 Å². The fourth-order valence-electron chi connectivity index (χ4n) is 7.23. The Labute approximate surface area is 278 Å². The van der Waals surface area contributed by atoms with Gasteiger partial charge in [-0.25, -0.2) is 9.18 Å². The van der Waals surface area contributed by atoms with Crippen LogP contribution >= 0.6 is 0 Å². The molecule has 0 bridgehead atoms. The number of amides is 3. The average Bonchev–Trinajstić information content (AvgIpc) is 4.04. The summed E-state index contributed by atoms with van der Waals surface area (Å²) in [5, 5.41) is 9.87. The van der Waals surface area contributed by atoms with Gasteiger partial charge in [-0.05, 0) is 68.1 Å². The van der Waals surface area contributed by atoms with Crippen molar-refractivity contribution >= 4 is 29.4 Å². The molecule has 3 amide bonds. The number of halogens is 1. The SMILES string of the molecule is CCn1nccc1C(=O)N[C@H](C(=O)Nc1cc2c(cc1F)C(=O)CC1(CCN(C(=O)OCc3ccccc3)CC1)O2)C(C1CC1)C1CC1. The molecule has 11 nitrogen and oxygen atoms in total. The van der Waals surface area contributed by atoms with Crippen LogP contribution in [0.25, 0.3) is 0 Å². The predicted molar refractivity (Wildman–Crippen MR) is 173 cm³/mol. The zero-order valence-corrected chi connectivity index (χ0v) is 27.0. The van der Waals surface area contributed by atoms with E-state index < -0.39 is 35.4 Å². The average molecular weight is 658 g/mol. The van der Waals surface area contributed by atoms with E-state index in [1.165, 1.54) is 6.07 Å². The molecule has 2 aliphatic carbocycles. The summed E-state index contributed by atoms with van der Waals surface area (Å²) < 4.78 is 29.0. The van der Waals surface area contributed by atoms with E-state index in [1.807, 2.05) is 37.3 Å². The van der Waals surface area contributed by atoms with Crippen LogP contribution in [0.1, 0.15) is 78.3 Å². The highest BCUT2D eigenvalue weighted by molar-refractivity contribution is 6.03. The van der Waals surface area contributed by atoms with Crippen LogP contribution in [0.15, 0.2) is 54.7 Å². The molecule has 3 aromatic rings. The Morgan fingerprint density at radius 1 is 1.06 bits per heavy atom. The van der Waals surface area contributed by atoms with Gasteiger partial charge in [0.2, 0.25) is 5.91 Å². The molecule has 7 rings (SSSR count). The summed E-state index contributed by atoms with van der Waals surface area (Å²) >= 11 is 0. The van der Waals surface area contributed by atoms with Crippen LogP contribution in [0.4, 0.5) is 14.9 Å². The smallest absolute Gasteiger partial charge is 0.410 e. The predicted octanol–water partition coefficient (Wildman–Crippen LogP) is 5.35. The number of anilines is 1. The Morgan fingerprint density at radius 3 is 2.44 bits per heavy atom. The lowest BCUT2D eigenvalue weighted by atomic mass is 9.82. The highest BCUT2D eigenvalue weighted by Crippen LogP contribution is 2.51. The number of carbonyl (C=O) groups is 4. The number of benzene rings is 2. The molecule has 1 aromatic heterocycles. The van der Waals surface area contributed by atoms with Crippen LogP contribution < -0.4 is 15.4 Å². The molecule has 3 heterocycles. The quantitative estimate of drug-likeness (QED) is 0.301. The molecule has 1 atom stereocenters. The second-order valence-corrected chi connectivity index (χ2v) is 13.5. The minimum atomic E-state index is -0.868. The van der Waals surface area contributed by atoms with E-state index in [9.17, 15) is 19.2 Å². The van der Waals surface area contributed by atoms with Crippen LogP contribution in [0, 0.1) is 23.6 Å². The van der Waals surface area contributed by atoms with Gasteiger partial charge >= 0.3 is 6.09 Å². The van der Waals surface area contributed by atoms with E-state index in [2.05, 4.69) is 15.7 Å². The van der Waals surface area contributed by atoms with Crippen molar-refractivity contribution < 1.29 is 33.0 Å². The summed E-state index contributed by atoms with van der Waals surface area (Å²) in [6, 6.07) is 12.7. The van der Waals surface area contributed by atoms with Gasteiger partial charge in [0, 0.05) is 44.7 Å². The van der Waals surface area contributed by atoms with E-state index in [4.69, 9.17) is 9.47 Å². The Bertz CT molecular complexity index is 1700. The second-order valence-electron chi connectivity index (χ2n) is 13.5. The van der Waals surface area contributed by atoms with Gasteiger partial charge in [0.25, 0.3) is 5.91 Å².